The molecular weight excluding hydrogens is 534 g/mol. The first-order valence-corrected chi connectivity index (χ1v) is 13.1. The number of nitrogens with zero attached hydrogens (tertiary/aromatic N) is 6. The molecule has 0 spiro atoms. The molecule has 2 aliphatic rings. The molecule has 36 heavy (non-hydrogen) atoms. The van der Waals surface area contributed by atoms with Gasteiger partial charge in [0, 0.05) is 30.7 Å². The van der Waals surface area contributed by atoms with Crippen molar-refractivity contribution in [1.29, 1.82) is 0 Å². The molecule has 0 radical (unpaired) electrons. The van der Waals surface area contributed by atoms with E-state index in [1.165, 1.54) is 51.3 Å². The van der Waals surface area contributed by atoms with Crippen LogP contribution in [0, 0.1) is 5.41 Å². The van der Waals surface area contributed by atoms with Gasteiger partial charge in [-0.05, 0) is 35.5 Å². The van der Waals surface area contributed by atoms with Gasteiger partial charge in [0.1, 0.15) is 29.2 Å². The second-order valence-corrected chi connectivity index (χ2v) is 10.6. The van der Waals surface area contributed by atoms with Crippen LogP contribution >= 0.6 is 35.1 Å². The SMILES string of the molecule is CCON=C(C(=O)NC1C(=O)N2CC(CSc3nnnn3C)(C(=O)O)CS[C@H]12)c1ccc(O)c(Cl)c1. The fourth-order valence-electron chi connectivity index (χ4n) is 3.67. The summed E-state index contributed by atoms with van der Waals surface area (Å²) in [6, 6.07) is 3.28. The van der Waals surface area contributed by atoms with E-state index < -0.39 is 34.6 Å². The van der Waals surface area contributed by atoms with Gasteiger partial charge in [-0.3, -0.25) is 14.4 Å². The number of carboxylic acids is 1. The molecule has 1 aromatic heterocycles. The van der Waals surface area contributed by atoms with Crippen molar-refractivity contribution in [2.24, 2.45) is 17.6 Å². The summed E-state index contributed by atoms with van der Waals surface area (Å²) in [6.45, 7) is 1.90. The van der Waals surface area contributed by atoms with E-state index in [2.05, 4.69) is 26.0 Å². The van der Waals surface area contributed by atoms with Gasteiger partial charge in [0.2, 0.25) is 11.1 Å². The minimum Gasteiger partial charge on any atom is -0.506 e. The van der Waals surface area contributed by atoms with Crippen molar-refractivity contribution in [3.63, 3.8) is 0 Å². The quantitative estimate of drug-likeness (QED) is 0.171. The van der Waals surface area contributed by atoms with E-state index in [0.717, 1.165) is 0 Å². The number of carboxylic acid groups (broad SMARTS) is 1. The molecule has 192 valence electrons. The van der Waals surface area contributed by atoms with E-state index in [-0.39, 0.29) is 41.1 Å². The summed E-state index contributed by atoms with van der Waals surface area (Å²) in [5.74, 6) is -1.83. The number of carbonyl (C=O) groups is 3. The van der Waals surface area contributed by atoms with Crippen LogP contribution in [-0.2, 0) is 26.3 Å². The van der Waals surface area contributed by atoms with Crippen molar-refractivity contribution in [2.45, 2.75) is 23.5 Å². The van der Waals surface area contributed by atoms with Crippen molar-refractivity contribution in [3.05, 3.63) is 28.8 Å². The van der Waals surface area contributed by atoms with Crippen LogP contribution in [0.4, 0.5) is 0 Å². The fraction of sp³-hybridized carbons (Fsp3) is 0.450. The molecule has 2 fully saturated rings. The van der Waals surface area contributed by atoms with Gasteiger partial charge in [-0.1, -0.05) is 28.5 Å². The number of carbonyl (C=O) groups excluding carboxylic acids is 2. The third kappa shape index (κ3) is 4.95. The third-order valence-corrected chi connectivity index (χ3v) is 8.86. The van der Waals surface area contributed by atoms with Gasteiger partial charge in [-0.2, -0.15) is 0 Å². The lowest BCUT2D eigenvalue weighted by Gasteiger charge is -2.53. The van der Waals surface area contributed by atoms with E-state index in [1.807, 2.05) is 0 Å². The van der Waals surface area contributed by atoms with Crippen LogP contribution in [0.1, 0.15) is 12.5 Å². The van der Waals surface area contributed by atoms with Crippen molar-refractivity contribution >= 4 is 58.6 Å². The van der Waals surface area contributed by atoms with Gasteiger partial charge < -0.3 is 25.3 Å². The Morgan fingerprint density at radius 1 is 1.44 bits per heavy atom. The molecule has 1 aromatic carbocycles. The van der Waals surface area contributed by atoms with E-state index >= 15 is 0 Å². The molecule has 0 aliphatic carbocycles. The highest BCUT2D eigenvalue weighted by Crippen LogP contribution is 2.44. The summed E-state index contributed by atoms with van der Waals surface area (Å²) < 4.78 is 1.45. The molecule has 2 aliphatic heterocycles. The van der Waals surface area contributed by atoms with Gasteiger partial charge in [0.05, 0.1) is 5.02 Å². The molecule has 4 rings (SSSR count). The first-order valence-electron chi connectivity index (χ1n) is 10.7. The number of hydrogen-bond donors (Lipinski definition) is 3. The second-order valence-electron chi connectivity index (χ2n) is 8.10. The fourth-order valence-corrected chi connectivity index (χ4v) is 6.56. The minimum atomic E-state index is -1.20. The smallest absolute Gasteiger partial charge is 0.313 e. The highest BCUT2D eigenvalue weighted by atomic mass is 35.5. The van der Waals surface area contributed by atoms with Gasteiger partial charge in [-0.25, -0.2) is 4.68 Å². The number of halogens is 1. The number of β-lactam (4-membered cyclic amide) rings is 1. The maximum Gasteiger partial charge on any atom is 0.313 e. The van der Waals surface area contributed by atoms with Crippen LogP contribution < -0.4 is 5.32 Å². The number of phenols is 1. The molecular formula is C20H22ClN7O6S2. The van der Waals surface area contributed by atoms with Crippen LogP contribution in [0.3, 0.4) is 0 Å². The normalized spacial score (nSPS) is 23.6. The lowest BCUT2D eigenvalue weighted by molar-refractivity contribution is -0.157. The molecule has 3 N–H and O–H groups in total. The first-order chi connectivity index (χ1) is 17.2. The van der Waals surface area contributed by atoms with Gasteiger partial charge >= 0.3 is 5.97 Å². The average molecular weight is 556 g/mol. The lowest BCUT2D eigenvalue weighted by Crippen LogP contribution is -2.74. The standard InChI is InChI=1S/C20H22ClN7O6S2/c1-3-34-24-13(10-4-5-12(29)11(21)6-10)15(30)22-14-16(31)28-7-20(18(32)33,8-35-17(14)28)9-36-19-23-25-26-27(19)2/h4-6,14,17,29H,3,7-9H2,1-2H3,(H,22,30)(H,32,33)/t14?,17-,20?/m1/s1. The molecule has 3 heterocycles. The number of tetrazole rings is 1. The van der Waals surface area contributed by atoms with Gasteiger partial charge in [-0.15, -0.1) is 16.9 Å². The number of benzene rings is 1. The summed E-state index contributed by atoms with van der Waals surface area (Å²) in [6.07, 6.45) is 0. The molecule has 2 unspecified atom stereocenters. The number of aryl methyl sites for hydroxylation is 1. The van der Waals surface area contributed by atoms with E-state index in [1.54, 1.807) is 14.0 Å². The van der Waals surface area contributed by atoms with Crippen LogP contribution in [0.15, 0.2) is 28.5 Å². The number of nitrogens with one attached hydrogen (secondary N) is 1. The zero-order chi connectivity index (χ0) is 26.0. The zero-order valence-electron chi connectivity index (χ0n) is 19.1. The predicted molar refractivity (Wildman–Crippen MR) is 131 cm³/mol. The maximum atomic E-state index is 13.0. The monoisotopic (exact) mass is 555 g/mol. The molecule has 2 saturated heterocycles. The maximum absolute atomic E-state index is 13.0. The van der Waals surface area contributed by atoms with Crippen molar-refractivity contribution in [1.82, 2.24) is 30.4 Å². The Labute approximate surface area is 218 Å². The highest BCUT2D eigenvalue weighted by Gasteiger charge is 2.57. The number of phenolic OH excluding ortho intramolecular Hbond substituents is 1. The van der Waals surface area contributed by atoms with Crippen LogP contribution in [0.2, 0.25) is 5.02 Å². The van der Waals surface area contributed by atoms with Crippen LogP contribution in [-0.4, -0.2) is 94.9 Å². The second kappa shape index (κ2) is 10.5. The summed E-state index contributed by atoms with van der Waals surface area (Å²) >= 11 is 8.46. The number of thioether (sulfide) groups is 2. The Bertz CT molecular complexity index is 1230. The molecule has 0 bridgehead atoms. The van der Waals surface area contributed by atoms with Crippen molar-refractivity contribution in [3.8, 4) is 5.75 Å². The molecule has 3 atom stereocenters. The largest absolute Gasteiger partial charge is 0.506 e. The number of hydrogen-bond acceptors (Lipinski definition) is 11. The van der Waals surface area contributed by atoms with E-state index in [4.69, 9.17) is 16.4 Å². The Morgan fingerprint density at radius 3 is 2.86 bits per heavy atom. The highest BCUT2D eigenvalue weighted by molar-refractivity contribution is 8.00. The number of oxime groups is 1. The molecule has 16 heteroatoms. The Hall–Kier alpha value is -3.04. The molecule has 0 saturated carbocycles. The van der Waals surface area contributed by atoms with Crippen molar-refractivity contribution < 1.29 is 29.4 Å². The summed E-state index contributed by atoms with van der Waals surface area (Å²) in [7, 11) is 1.66. The first kappa shape index (κ1) is 26.0. The zero-order valence-corrected chi connectivity index (χ0v) is 21.5. The Morgan fingerprint density at radius 2 is 2.22 bits per heavy atom. The Balaban J connectivity index is 1.45. The number of amides is 2. The number of fused-ring (bicyclic) bond motifs is 1. The third-order valence-electron chi connectivity index (χ3n) is 5.67. The van der Waals surface area contributed by atoms with Crippen LogP contribution in [0.5, 0.6) is 5.75 Å². The average Bonchev–Trinajstić information content (AvgIpc) is 3.27. The van der Waals surface area contributed by atoms with E-state index in [0.29, 0.717) is 10.7 Å². The summed E-state index contributed by atoms with van der Waals surface area (Å²) in [4.78, 5) is 44.7. The number of rotatable bonds is 9. The summed E-state index contributed by atoms with van der Waals surface area (Å²) in [5, 5.41) is 37.4. The minimum absolute atomic E-state index is 0.00303. The number of aliphatic carboxylic acids is 1. The Kier molecular flexibility index (Phi) is 7.61. The van der Waals surface area contributed by atoms with E-state index in [9.17, 15) is 24.6 Å². The summed E-state index contributed by atoms with van der Waals surface area (Å²) in [5.41, 5.74) is -1.02. The van der Waals surface area contributed by atoms with Gasteiger partial charge in [0.15, 0.2) is 5.71 Å². The molecule has 2 amide bonds. The van der Waals surface area contributed by atoms with Gasteiger partial charge in [0.25, 0.3) is 5.91 Å². The number of aromatic nitrogens is 4. The van der Waals surface area contributed by atoms with Crippen molar-refractivity contribution in [2.75, 3.05) is 24.7 Å². The lowest BCUT2D eigenvalue weighted by atomic mass is 9.89. The predicted octanol–water partition coefficient (Wildman–Crippen LogP) is 0.573. The number of aromatic hydroxyl groups is 1. The molecule has 2 aromatic rings. The topological polar surface area (TPSA) is 172 Å². The molecule has 13 nitrogen and oxygen atoms in total. The van der Waals surface area contributed by atoms with Crippen LogP contribution in [0.25, 0.3) is 0 Å².